The minimum atomic E-state index is -3.44. The standard InChI is InChI=1S/C21H19N3O6S2/c1-32(27,28)15-4-2-3-14(9-15)20(26)22-11-19(25)24-21-23-16(12-31-21)13-5-6-17-18(10-13)30-8-7-29-17/h2-6,9-10,12H,7-8,11H2,1H3,(H,22,26)(H,23,24,25). The number of hydrogen-bond donors (Lipinski definition) is 2. The van der Waals surface area contributed by atoms with Gasteiger partial charge in [-0.25, -0.2) is 13.4 Å². The first kappa shape index (κ1) is 21.8. The van der Waals surface area contributed by atoms with E-state index in [2.05, 4.69) is 15.6 Å². The average Bonchev–Trinajstić information content (AvgIpc) is 3.25. The van der Waals surface area contributed by atoms with Crippen LogP contribution < -0.4 is 20.1 Å². The summed E-state index contributed by atoms with van der Waals surface area (Å²) < 4.78 is 34.4. The normalized spacial score (nSPS) is 12.8. The highest BCUT2D eigenvalue weighted by Gasteiger charge is 2.16. The zero-order valence-corrected chi connectivity index (χ0v) is 18.6. The molecule has 2 N–H and O–H groups in total. The molecule has 0 unspecified atom stereocenters. The van der Waals surface area contributed by atoms with Crippen molar-refractivity contribution in [3.05, 3.63) is 53.4 Å². The maximum atomic E-state index is 12.3. The van der Waals surface area contributed by atoms with Crippen LogP contribution in [0.15, 0.2) is 52.7 Å². The number of rotatable bonds is 6. The number of sulfone groups is 1. The molecule has 32 heavy (non-hydrogen) atoms. The number of carbonyl (C=O) groups is 2. The van der Waals surface area contributed by atoms with Crippen LogP contribution in [0.4, 0.5) is 5.13 Å². The van der Waals surface area contributed by atoms with Crippen LogP contribution >= 0.6 is 11.3 Å². The molecule has 3 aromatic rings. The second-order valence-electron chi connectivity index (χ2n) is 6.93. The van der Waals surface area contributed by atoms with Gasteiger partial charge < -0.3 is 20.1 Å². The molecule has 2 amide bonds. The number of aromatic nitrogens is 1. The Morgan fingerprint density at radius 1 is 1.09 bits per heavy atom. The van der Waals surface area contributed by atoms with Gasteiger partial charge in [0.05, 0.1) is 17.1 Å². The first-order chi connectivity index (χ1) is 15.3. The fraction of sp³-hybridized carbons (Fsp3) is 0.190. The summed E-state index contributed by atoms with van der Waals surface area (Å²) in [4.78, 5) is 28.9. The lowest BCUT2D eigenvalue weighted by molar-refractivity contribution is -0.115. The lowest BCUT2D eigenvalue weighted by Gasteiger charge is -2.18. The van der Waals surface area contributed by atoms with Crippen molar-refractivity contribution in [3.63, 3.8) is 0 Å². The zero-order chi connectivity index (χ0) is 22.7. The maximum absolute atomic E-state index is 12.3. The van der Waals surface area contributed by atoms with E-state index in [1.807, 2.05) is 18.2 Å². The van der Waals surface area contributed by atoms with Gasteiger partial charge in [-0.2, -0.15) is 0 Å². The molecule has 2 aromatic carbocycles. The van der Waals surface area contributed by atoms with Crippen molar-refractivity contribution in [2.75, 3.05) is 31.3 Å². The predicted octanol–water partition coefficient (Wildman–Crippen LogP) is 2.35. The molecule has 11 heteroatoms. The SMILES string of the molecule is CS(=O)(=O)c1cccc(C(=O)NCC(=O)Nc2nc(-c3ccc4c(c3)OCCO4)cs2)c1. The molecule has 4 rings (SSSR count). The molecule has 2 heterocycles. The van der Waals surface area contributed by atoms with Gasteiger partial charge in [0.1, 0.15) is 13.2 Å². The Morgan fingerprint density at radius 2 is 1.88 bits per heavy atom. The number of benzene rings is 2. The van der Waals surface area contributed by atoms with E-state index in [1.165, 1.54) is 35.6 Å². The van der Waals surface area contributed by atoms with E-state index in [0.29, 0.717) is 35.5 Å². The molecule has 0 atom stereocenters. The van der Waals surface area contributed by atoms with Crippen LogP contribution in [0.25, 0.3) is 11.3 Å². The fourth-order valence-corrected chi connectivity index (χ4v) is 4.36. The van der Waals surface area contributed by atoms with Crippen LogP contribution in [0, 0.1) is 0 Å². The minimum Gasteiger partial charge on any atom is -0.486 e. The molecule has 166 valence electrons. The summed E-state index contributed by atoms with van der Waals surface area (Å²) in [5.74, 6) is 0.319. The summed E-state index contributed by atoms with van der Waals surface area (Å²) in [5, 5.41) is 7.29. The molecule has 1 aliphatic heterocycles. The Labute approximate surface area is 188 Å². The van der Waals surface area contributed by atoms with E-state index in [9.17, 15) is 18.0 Å². The molecular formula is C21H19N3O6S2. The molecule has 0 spiro atoms. The van der Waals surface area contributed by atoms with Crippen LogP contribution in [0.1, 0.15) is 10.4 Å². The summed E-state index contributed by atoms with van der Waals surface area (Å²) in [7, 11) is -3.44. The van der Waals surface area contributed by atoms with Crippen molar-refractivity contribution in [2.45, 2.75) is 4.90 Å². The van der Waals surface area contributed by atoms with Crippen LogP contribution in [0.3, 0.4) is 0 Å². The Morgan fingerprint density at radius 3 is 2.66 bits per heavy atom. The summed E-state index contributed by atoms with van der Waals surface area (Å²) in [6.07, 6.45) is 1.06. The molecule has 1 aliphatic rings. The molecule has 0 saturated carbocycles. The number of hydrogen-bond acceptors (Lipinski definition) is 8. The predicted molar refractivity (Wildman–Crippen MR) is 119 cm³/mol. The highest BCUT2D eigenvalue weighted by molar-refractivity contribution is 7.90. The van der Waals surface area contributed by atoms with Gasteiger partial charge in [-0.1, -0.05) is 6.07 Å². The van der Waals surface area contributed by atoms with Crippen LogP contribution in [0.2, 0.25) is 0 Å². The highest BCUT2D eigenvalue weighted by Crippen LogP contribution is 2.35. The van der Waals surface area contributed by atoms with Crippen LogP contribution in [-0.2, 0) is 14.6 Å². The van der Waals surface area contributed by atoms with E-state index in [0.717, 1.165) is 11.8 Å². The number of carbonyl (C=O) groups excluding carboxylic acids is 2. The second kappa shape index (κ2) is 8.97. The molecule has 1 aromatic heterocycles. The van der Waals surface area contributed by atoms with E-state index >= 15 is 0 Å². The third-order valence-electron chi connectivity index (χ3n) is 4.52. The Hall–Kier alpha value is -3.44. The summed E-state index contributed by atoms with van der Waals surface area (Å²) >= 11 is 1.25. The van der Waals surface area contributed by atoms with Gasteiger partial charge in [-0.15, -0.1) is 11.3 Å². The van der Waals surface area contributed by atoms with E-state index < -0.39 is 21.7 Å². The second-order valence-corrected chi connectivity index (χ2v) is 9.80. The molecule has 0 fully saturated rings. The van der Waals surface area contributed by atoms with E-state index in [-0.39, 0.29) is 17.0 Å². The molecule has 0 bridgehead atoms. The summed E-state index contributed by atoms with van der Waals surface area (Å²) in [6.45, 7) is 0.707. The van der Waals surface area contributed by atoms with E-state index in [1.54, 1.807) is 5.38 Å². The van der Waals surface area contributed by atoms with Crippen molar-refractivity contribution in [3.8, 4) is 22.8 Å². The molecule has 0 saturated heterocycles. The molecule has 0 radical (unpaired) electrons. The number of amides is 2. The third kappa shape index (κ3) is 5.06. The molecule has 9 nitrogen and oxygen atoms in total. The number of anilines is 1. The number of thiazole rings is 1. The number of nitrogens with one attached hydrogen (secondary N) is 2. The van der Waals surface area contributed by atoms with Gasteiger partial charge in [0, 0.05) is 22.8 Å². The lowest BCUT2D eigenvalue weighted by atomic mass is 10.1. The maximum Gasteiger partial charge on any atom is 0.251 e. The quantitative estimate of drug-likeness (QED) is 0.563. The topological polar surface area (TPSA) is 124 Å². The van der Waals surface area contributed by atoms with Gasteiger partial charge in [-0.3, -0.25) is 9.59 Å². The van der Waals surface area contributed by atoms with Crippen molar-refractivity contribution < 1.29 is 27.5 Å². The minimum absolute atomic E-state index is 0.0315. The van der Waals surface area contributed by atoms with Gasteiger partial charge in [0.15, 0.2) is 26.5 Å². The zero-order valence-electron chi connectivity index (χ0n) is 17.0. The largest absolute Gasteiger partial charge is 0.486 e. The van der Waals surface area contributed by atoms with Gasteiger partial charge >= 0.3 is 0 Å². The smallest absolute Gasteiger partial charge is 0.251 e. The van der Waals surface area contributed by atoms with E-state index in [4.69, 9.17) is 9.47 Å². The van der Waals surface area contributed by atoms with Crippen molar-refractivity contribution >= 4 is 38.1 Å². The molecular weight excluding hydrogens is 454 g/mol. The van der Waals surface area contributed by atoms with Crippen molar-refractivity contribution in [1.29, 1.82) is 0 Å². The number of nitrogens with zero attached hydrogens (tertiary/aromatic N) is 1. The van der Waals surface area contributed by atoms with Crippen LogP contribution in [-0.4, -0.2) is 51.2 Å². The number of ether oxygens (including phenoxy) is 2. The first-order valence-electron chi connectivity index (χ1n) is 9.53. The Bertz CT molecular complexity index is 1290. The van der Waals surface area contributed by atoms with Crippen LogP contribution in [0.5, 0.6) is 11.5 Å². The molecule has 0 aliphatic carbocycles. The third-order valence-corrected chi connectivity index (χ3v) is 6.39. The Kier molecular flexibility index (Phi) is 6.10. The van der Waals surface area contributed by atoms with Crippen molar-refractivity contribution in [1.82, 2.24) is 10.3 Å². The van der Waals surface area contributed by atoms with Crippen molar-refractivity contribution in [2.24, 2.45) is 0 Å². The highest BCUT2D eigenvalue weighted by atomic mass is 32.2. The van der Waals surface area contributed by atoms with Gasteiger partial charge in [-0.05, 0) is 36.4 Å². The lowest BCUT2D eigenvalue weighted by Crippen LogP contribution is -2.32. The van der Waals surface area contributed by atoms with Gasteiger partial charge in [0.25, 0.3) is 5.91 Å². The average molecular weight is 474 g/mol. The van der Waals surface area contributed by atoms with Gasteiger partial charge in [0.2, 0.25) is 5.91 Å². The number of fused-ring (bicyclic) bond motifs is 1. The fourth-order valence-electron chi connectivity index (χ4n) is 2.96. The Balaban J connectivity index is 1.35. The first-order valence-corrected chi connectivity index (χ1v) is 12.3. The summed E-state index contributed by atoms with van der Waals surface area (Å²) in [6, 6.07) is 11.1. The monoisotopic (exact) mass is 473 g/mol. The summed E-state index contributed by atoms with van der Waals surface area (Å²) in [5.41, 5.74) is 1.64.